The van der Waals surface area contributed by atoms with Crippen molar-refractivity contribution >= 4 is 44.1 Å². The van der Waals surface area contributed by atoms with E-state index in [1.54, 1.807) is 0 Å². The molecule has 0 radical (unpaired) electrons. The average molecular weight is 569 g/mol. The molecule has 4 aromatic carbocycles. The highest BCUT2D eigenvalue weighted by Crippen LogP contribution is 2.52. The molecule has 7 rings (SSSR count). The van der Waals surface area contributed by atoms with Gasteiger partial charge < -0.3 is 0 Å². The van der Waals surface area contributed by atoms with Gasteiger partial charge in [-0.1, -0.05) is 89.2 Å². The van der Waals surface area contributed by atoms with Crippen LogP contribution in [-0.4, -0.2) is 19.9 Å². The third kappa shape index (κ3) is 4.46. The SMILES string of the molecule is Cc1ccc2c(CC(C)C)c3c(cc2c1)-c1nccc2c1c(cc1ccc(-c4nc(C(C)C)nc(C(C)C)n4)cc12)S3. The van der Waals surface area contributed by atoms with E-state index in [-0.39, 0.29) is 11.8 Å². The summed E-state index contributed by atoms with van der Waals surface area (Å²) in [6.07, 6.45) is 3.02. The molecule has 5 heteroatoms. The Kier molecular flexibility index (Phi) is 6.54. The lowest BCUT2D eigenvalue weighted by atomic mass is 9.90. The van der Waals surface area contributed by atoms with Crippen molar-refractivity contribution in [3.05, 3.63) is 83.6 Å². The molecule has 210 valence electrons. The Hall–Kier alpha value is -3.83. The maximum atomic E-state index is 5.03. The third-order valence-electron chi connectivity index (χ3n) is 8.22. The minimum Gasteiger partial charge on any atom is -0.256 e. The number of rotatable bonds is 5. The van der Waals surface area contributed by atoms with Crippen LogP contribution in [0.1, 0.15) is 76.2 Å². The van der Waals surface area contributed by atoms with Gasteiger partial charge in [0.25, 0.3) is 0 Å². The normalized spacial score (nSPS) is 12.8. The van der Waals surface area contributed by atoms with Crippen molar-refractivity contribution < 1.29 is 0 Å². The largest absolute Gasteiger partial charge is 0.256 e. The molecule has 2 aromatic heterocycles. The first-order chi connectivity index (χ1) is 20.2. The molecule has 0 unspecified atom stereocenters. The Bertz CT molecular complexity index is 2010. The summed E-state index contributed by atoms with van der Waals surface area (Å²) in [7, 11) is 0. The lowest BCUT2D eigenvalue weighted by Crippen LogP contribution is -2.08. The van der Waals surface area contributed by atoms with Crippen LogP contribution < -0.4 is 0 Å². The van der Waals surface area contributed by atoms with Gasteiger partial charge in [-0.3, -0.25) is 4.98 Å². The highest BCUT2D eigenvalue weighted by atomic mass is 32.2. The Balaban J connectivity index is 1.48. The van der Waals surface area contributed by atoms with Crippen LogP contribution in [0.5, 0.6) is 0 Å². The Morgan fingerprint density at radius 1 is 0.714 bits per heavy atom. The van der Waals surface area contributed by atoms with E-state index in [9.17, 15) is 0 Å². The second kappa shape index (κ2) is 10.2. The van der Waals surface area contributed by atoms with E-state index in [4.69, 9.17) is 19.9 Å². The lowest BCUT2D eigenvalue weighted by Gasteiger charge is -2.25. The number of hydrogen-bond donors (Lipinski definition) is 0. The van der Waals surface area contributed by atoms with Gasteiger partial charge in [0.1, 0.15) is 11.6 Å². The van der Waals surface area contributed by atoms with Crippen LogP contribution in [0.3, 0.4) is 0 Å². The van der Waals surface area contributed by atoms with Crippen molar-refractivity contribution in [1.82, 2.24) is 19.9 Å². The van der Waals surface area contributed by atoms with Crippen molar-refractivity contribution in [3.8, 4) is 22.6 Å². The molecule has 0 aliphatic carbocycles. The van der Waals surface area contributed by atoms with E-state index >= 15 is 0 Å². The number of pyridine rings is 1. The topological polar surface area (TPSA) is 51.6 Å². The van der Waals surface area contributed by atoms with Gasteiger partial charge in [0.15, 0.2) is 5.82 Å². The van der Waals surface area contributed by atoms with Gasteiger partial charge in [-0.05, 0) is 76.0 Å². The van der Waals surface area contributed by atoms with Crippen LogP contribution in [0, 0.1) is 12.8 Å². The molecular weight excluding hydrogens is 533 g/mol. The maximum Gasteiger partial charge on any atom is 0.163 e. The zero-order chi connectivity index (χ0) is 29.3. The lowest BCUT2D eigenvalue weighted by molar-refractivity contribution is 0.644. The summed E-state index contributed by atoms with van der Waals surface area (Å²) < 4.78 is 0. The smallest absolute Gasteiger partial charge is 0.163 e. The zero-order valence-corrected chi connectivity index (χ0v) is 26.2. The first-order valence-electron chi connectivity index (χ1n) is 15.0. The summed E-state index contributed by atoms with van der Waals surface area (Å²) >= 11 is 1.92. The molecular formula is C37H36N4S. The molecule has 0 N–H and O–H groups in total. The van der Waals surface area contributed by atoms with Gasteiger partial charge in [0.05, 0.1) is 5.69 Å². The summed E-state index contributed by atoms with van der Waals surface area (Å²) in [6.45, 7) is 15.3. The number of hydrogen-bond acceptors (Lipinski definition) is 5. The molecule has 3 heterocycles. The van der Waals surface area contributed by atoms with Crippen LogP contribution in [0.2, 0.25) is 0 Å². The molecule has 0 saturated heterocycles. The highest BCUT2D eigenvalue weighted by molar-refractivity contribution is 8.00. The minimum absolute atomic E-state index is 0.233. The highest BCUT2D eigenvalue weighted by Gasteiger charge is 2.26. The zero-order valence-electron chi connectivity index (χ0n) is 25.4. The van der Waals surface area contributed by atoms with Crippen LogP contribution in [0.4, 0.5) is 0 Å². The van der Waals surface area contributed by atoms with Crippen LogP contribution in [0.25, 0.3) is 55.0 Å². The van der Waals surface area contributed by atoms with Gasteiger partial charge in [0, 0.05) is 44.3 Å². The number of benzene rings is 4. The molecule has 42 heavy (non-hydrogen) atoms. The third-order valence-corrected chi connectivity index (χ3v) is 9.43. The van der Waals surface area contributed by atoms with Crippen molar-refractivity contribution in [2.75, 3.05) is 0 Å². The number of aromatic nitrogens is 4. The van der Waals surface area contributed by atoms with Crippen LogP contribution >= 0.6 is 11.8 Å². The number of aryl methyl sites for hydroxylation is 1. The molecule has 0 saturated carbocycles. The number of fused-ring (bicyclic) bond motifs is 5. The van der Waals surface area contributed by atoms with Gasteiger partial charge in [-0.15, -0.1) is 0 Å². The minimum atomic E-state index is 0.233. The van der Waals surface area contributed by atoms with Gasteiger partial charge in [-0.2, -0.15) is 0 Å². The fraction of sp³-hybridized carbons (Fsp3) is 0.297. The van der Waals surface area contributed by atoms with E-state index in [0.717, 1.165) is 35.2 Å². The predicted octanol–water partition coefficient (Wildman–Crippen LogP) is 10.3. The monoisotopic (exact) mass is 568 g/mol. The van der Waals surface area contributed by atoms with E-state index in [1.807, 2.05) is 18.0 Å². The summed E-state index contributed by atoms with van der Waals surface area (Å²) in [4.78, 5) is 22.2. The first kappa shape index (κ1) is 27.0. The Morgan fingerprint density at radius 2 is 1.48 bits per heavy atom. The van der Waals surface area contributed by atoms with Gasteiger partial charge in [0.2, 0.25) is 0 Å². The van der Waals surface area contributed by atoms with E-state index in [1.165, 1.54) is 58.8 Å². The van der Waals surface area contributed by atoms with E-state index in [0.29, 0.717) is 5.92 Å². The van der Waals surface area contributed by atoms with Gasteiger partial charge in [-0.25, -0.2) is 15.0 Å². The molecule has 1 aliphatic heterocycles. The van der Waals surface area contributed by atoms with Gasteiger partial charge >= 0.3 is 0 Å². The molecule has 6 aromatic rings. The summed E-state index contributed by atoms with van der Waals surface area (Å²) in [6, 6.07) is 20.4. The fourth-order valence-corrected chi connectivity index (χ4v) is 7.44. The molecule has 0 amide bonds. The standard InChI is InChI=1S/C37H36N4S/c1-19(2)14-29-26-11-8-22(7)15-25(26)17-30-33-32-27(12-13-38-33)28-16-24(10-9-23(28)18-31(32)42-34(29)30)37-40-35(20(3)4)39-36(41-37)21(5)6/h8-13,15-21H,14H2,1-7H3. The van der Waals surface area contributed by atoms with Crippen LogP contribution in [0.15, 0.2) is 70.6 Å². The molecule has 0 atom stereocenters. The summed E-state index contributed by atoms with van der Waals surface area (Å²) in [5.41, 5.74) is 6.08. The summed E-state index contributed by atoms with van der Waals surface area (Å²) in [5, 5.41) is 7.55. The van der Waals surface area contributed by atoms with Crippen LogP contribution in [-0.2, 0) is 6.42 Å². The molecule has 1 aliphatic rings. The van der Waals surface area contributed by atoms with Crippen molar-refractivity contribution in [3.63, 3.8) is 0 Å². The second-order valence-electron chi connectivity index (χ2n) is 12.7. The predicted molar refractivity (Wildman–Crippen MR) is 177 cm³/mol. The molecule has 0 bridgehead atoms. The Morgan fingerprint density at radius 3 is 2.19 bits per heavy atom. The fourth-order valence-electron chi connectivity index (χ4n) is 6.14. The number of nitrogens with zero attached hydrogens (tertiary/aromatic N) is 4. The maximum absolute atomic E-state index is 5.03. The van der Waals surface area contributed by atoms with Crippen molar-refractivity contribution in [2.24, 2.45) is 5.92 Å². The second-order valence-corrected chi connectivity index (χ2v) is 13.8. The molecule has 4 nitrogen and oxygen atoms in total. The van der Waals surface area contributed by atoms with Crippen molar-refractivity contribution in [1.29, 1.82) is 0 Å². The quantitative estimate of drug-likeness (QED) is 0.193. The Labute approximate surface area is 252 Å². The first-order valence-corrected chi connectivity index (χ1v) is 15.9. The van der Waals surface area contributed by atoms with E-state index in [2.05, 4.69) is 103 Å². The van der Waals surface area contributed by atoms with E-state index < -0.39 is 0 Å². The summed E-state index contributed by atoms with van der Waals surface area (Å²) in [5.74, 6) is 3.46. The molecule has 0 fully saturated rings. The average Bonchev–Trinajstić information content (AvgIpc) is 2.97. The molecule has 0 spiro atoms. The van der Waals surface area contributed by atoms with Crippen molar-refractivity contribution in [2.45, 2.75) is 76.5 Å².